The third-order valence-corrected chi connectivity index (χ3v) is 8.70. The summed E-state index contributed by atoms with van der Waals surface area (Å²) in [5.41, 5.74) is 10.9. The average molecular weight is 635 g/mol. The SMILES string of the molecule is CCc1ccc2ccc(/C=C/C3(C(=O)OC(C(=O)NC(C)C(=O)N4CCCC(C(N)=O)N4)C(C)C)CCC(=NOC)CC3)cc2n1. The Hall–Kier alpha value is -4.32. The van der Waals surface area contributed by atoms with E-state index in [0.717, 1.165) is 34.3 Å². The number of pyridine rings is 1. The molecule has 1 saturated heterocycles. The van der Waals surface area contributed by atoms with Gasteiger partial charge in [-0.3, -0.25) is 29.2 Å². The second-order valence-corrected chi connectivity index (χ2v) is 12.5. The van der Waals surface area contributed by atoms with Crippen LogP contribution >= 0.6 is 0 Å². The van der Waals surface area contributed by atoms with Crippen LogP contribution in [-0.4, -0.2) is 71.2 Å². The molecule has 12 heteroatoms. The maximum atomic E-state index is 14.0. The molecule has 2 aliphatic rings. The van der Waals surface area contributed by atoms with Gasteiger partial charge in [-0.2, -0.15) is 0 Å². The van der Waals surface area contributed by atoms with Crippen LogP contribution in [-0.2, 0) is 35.2 Å². The van der Waals surface area contributed by atoms with Crippen LogP contribution in [0.4, 0.5) is 0 Å². The molecule has 1 saturated carbocycles. The zero-order valence-electron chi connectivity index (χ0n) is 27.4. The lowest BCUT2D eigenvalue weighted by Crippen LogP contribution is -2.60. The van der Waals surface area contributed by atoms with Crippen molar-refractivity contribution in [1.82, 2.24) is 20.7 Å². The zero-order chi connectivity index (χ0) is 33.4. The lowest BCUT2D eigenvalue weighted by Gasteiger charge is -2.35. The largest absolute Gasteiger partial charge is 0.451 e. The fourth-order valence-electron chi connectivity index (χ4n) is 5.84. The van der Waals surface area contributed by atoms with E-state index in [4.69, 9.17) is 20.3 Å². The Labute approximate surface area is 270 Å². The molecule has 0 radical (unpaired) electrons. The summed E-state index contributed by atoms with van der Waals surface area (Å²) in [7, 11) is 1.50. The van der Waals surface area contributed by atoms with E-state index in [0.29, 0.717) is 45.1 Å². The topological polar surface area (TPSA) is 165 Å². The summed E-state index contributed by atoms with van der Waals surface area (Å²) in [6, 6.07) is 8.47. The Morgan fingerprint density at radius 3 is 2.54 bits per heavy atom. The first-order chi connectivity index (χ1) is 22.0. The maximum absolute atomic E-state index is 14.0. The monoisotopic (exact) mass is 634 g/mol. The lowest BCUT2D eigenvalue weighted by molar-refractivity contribution is -0.167. The smallest absolute Gasteiger partial charge is 0.316 e. The summed E-state index contributed by atoms with van der Waals surface area (Å²) in [6.45, 7) is 7.56. The average Bonchev–Trinajstić information content (AvgIpc) is 3.05. The van der Waals surface area contributed by atoms with Gasteiger partial charge in [0.25, 0.3) is 11.8 Å². The van der Waals surface area contributed by atoms with Crippen LogP contribution in [0.1, 0.15) is 77.5 Å². The number of hydrogen-bond acceptors (Lipinski definition) is 9. The molecule has 1 aromatic carbocycles. The number of amides is 3. The number of oxime groups is 1. The Bertz CT molecular complexity index is 1490. The number of aromatic nitrogens is 1. The van der Waals surface area contributed by atoms with Crippen molar-refractivity contribution in [2.45, 2.75) is 90.8 Å². The molecule has 1 aliphatic heterocycles. The van der Waals surface area contributed by atoms with Crippen LogP contribution in [0.15, 0.2) is 41.6 Å². The number of benzene rings is 1. The van der Waals surface area contributed by atoms with Gasteiger partial charge in [0.1, 0.15) is 19.2 Å². The number of carbonyl (C=O) groups excluding carboxylic acids is 4. The molecular formula is C34H46N6O6. The molecule has 2 aromatic rings. The van der Waals surface area contributed by atoms with Crippen LogP contribution in [0.3, 0.4) is 0 Å². The van der Waals surface area contributed by atoms with Gasteiger partial charge in [0.05, 0.1) is 16.6 Å². The lowest BCUT2D eigenvalue weighted by atomic mass is 9.73. The van der Waals surface area contributed by atoms with E-state index in [1.165, 1.54) is 12.1 Å². The van der Waals surface area contributed by atoms with Crippen molar-refractivity contribution < 1.29 is 28.8 Å². The molecule has 2 heterocycles. The van der Waals surface area contributed by atoms with E-state index >= 15 is 0 Å². The van der Waals surface area contributed by atoms with Crippen molar-refractivity contribution in [2.75, 3.05) is 13.7 Å². The van der Waals surface area contributed by atoms with Crippen molar-refractivity contribution in [2.24, 2.45) is 22.2 Å². The van der Waals surface area contributed by atoms with Crippen molar-refractivity contribution in [3.63, 3.8) is 0 Å². The Balaban J connectivity index is 1.52. The van der Waals surface area contributed by atoms with Crippen LogP contribution in [0.2, 0.25) is 0 Å². The second kappa shape index (κ2) is 15.3. The third-order valence-electron chi connectivity index (χ3n) is 8.70. The fraction of sp³-hybridized carbons (Fsp3) is 0.529. The highest BCUT2D eigenvalue weighted by Gasteiger charge is 2.43. The van der Waals surface area contributed by atoms with Crippen LogP contribution in [0.25, 0.3) is 17.0 Å². The Morgan fingerprint density at radius 1 is 1.17 bits per heavy atom. The molecule has 4 rings (SSSR count). The van der Waals surface area contributed by atoms with E-state index in [-0.39, 0.29) is 5.92 Å². The van der Waals surface area contributed by atoms with Gasteiger partial charge < -0.3 is 20.6 Å². The second-order valence-electron chi connectivity index (χ2n) is 12.5. The van der Waals surface area contributed by atoms with E-state index in [9.17, 15) is 19.2 Å². The Morgan fingerprint density at radius 2 is 1.89 bits per heavy atom. The first-order valence-electron chi connectivity index (χ1n) is 16.0. The van der Waals surface area contributed by atoms with Gasteiger partial charge in [-0.05, 0) is 75.5 Å². The number of nitrogens with one attached hydrogen (secondary N) is 2. The predicted octanol–water partition coefficient (Wildman–Crippen LogP) is 3.43. The van der Waals surface area contributed by atoms with Crippen molar-refractivity contribution in [3.8, 4) is 0 Å². The Kier molecular flexibility index (Phi) is 11.5. The molecular weight excluding hydrogens is 588 g/mol. The fourth-order valence-corrected chi connectivity index (χ4v) is 5.84. The van der Waals surface area contributed by atoms with Gasteiger partial charge in [0, 0.05) is 17.6 Å². The summed E-state index contributed by atoms with van der Waals surface area (Å²) >= 11 is 0. The number of nitrogens with two attached hydrogens (primary N) is 1. The minimum Gasteiger partial charge on any atom is -0.451 e. The van der Waals surface area contributed by atoms with Crippen LogP contribution in [0, 0.1) is 11.3 Å². The van der Waals surface area contributed by atoms with E-state index in [1.807, 2.05) is 36.4 Å². The van der Waals surface area contributed by atoms with Gasteiger partial charge in [0.2, 0.25) is 5.91 Å². The highest BCUT2D eigenvalue weighted by Crippen LogP contribution is 2.39. The van der Waals surface area contributed by atoms with Gasteiger partial charge >= 0.3 is 5.97 Å². The quantitative estimate of drug-likeness (QED) is 0.250. The molecule has 2 fully saturated rings. The number of esters is 1. The molecule has 0 spiro atoms. The highest BCUT2D eigenvalue weighted by molar-refractivity contribution is 5.93. The van der Waals surface area contributed by atoms with Gasteiger partial charge in [-0.1, -0.05) is 56.3 Å². The van der Waals surface area contributed by atoms with Crippen molar-refractivity contribution in [3.05, 3.63) is 47.7 Å². The van der Waals surface area contributed by atoms with Crippen molar-refractivity contribution in [1.29, 1.82) is 0 Å². The summed E-state index contributed by atoms with van der Waals surface area (Å²) in [5.74, 6) is -2.41. The van der Waals surface area contributed by atoms with Gasteiger partial charge in [-0.15, -0.1) is 0 Å². The number of carbonyl (C=O) groups is 4. The number of fused-ring (bicyclic) bond motifs is 1. The first-order valence-corrected chi connectivity index (χ1v) is 16.0. The van der Waals surface area contributed by atoms with E-state index < -0.39 is 47.3 Å². The summed E-state index contributed by atoms with van der Waals surface area (Å²) in [5, 5.41) is 9.15. The number of primary amides is 1. The van der Waals surface area contributed by atoms with Gasteiger partial charge in [0.15, 0.2) is 6.10 Å². The number of nitrogens with zero attached hydrogens (tertiary/aromatic N) is 3. The maximum Gasteiger partial charge on any atom is 0.316 e. The predicted molar refractivity (Wildman–Crippen MR) is 175 cm³/mol. The molecule has 1 aliphatic carbocycles. The molecule has 248 valence electrons. The number of ether oxygens (including phenoxy) is 1. The molecule has 0 bridgehead atoms. The third kappa shape index (κ3) is 8.28. The summed E-state index contributed by atoms with van der Waals surface area (Å²) in [6.07, 6.45) is 6.54. The minimum atomic E-state index is -1.13. The number of rotatable bonds is 11. The highest BCUT2D eigenvalue weighted by atomic mass is 16.6. The first kappa shape index (κ1) is 34.6. The van der Waals surface area contributed by atoms with E-state index in [1.54, 1.807) is 20.8 Å². The molecule has 3 unspecified atom stereocenters. The van der Waals surface area contributed by atoms with Crippen LogP contribution in [0.5, 0.6) is 0 Å². The molecule has 3 amide bonds. The summed E-state index contributed by atoms with van der Waals surface area (Å²) < 4.78 is 5.99. The molecule has 4 N–H and O–H groups in total. The normalized spacial score (nSPS) is 21.6. The van der Waals surface area contributed by atoms with Gasteiger partial charge in [-0.25, -0.2) is 5.43 Å². The number of hydrazine groups is 1. The van der Waals surface area contributed by atoms with Crippen LogP contribution < -0.4 is 16.5 Å². The minimum absolute atomic E-state index is 0.367. The molecule has 12 nitrogen and oxygen atoms in total. The number of hydrogen-bond donors (Lipinski definition) is 3. The molecule has 1 aromatic heterocycles. The van der Waals surface area contributed by atoms with E-state index in [2.05, 4.69) is 28.9 Å². The number of aryl methyl sites for hydroxylation is 1. The van der Waals surface area contributed by atoms with Crippen molar-refractivity contribution >= 4 is 46.4 Å². The molecule has 3 atom stereocenters. The zero-order valence-corrected chi connectivity index (χ0v) is 27.4. The summed E-state index contributed by atoms with van der Waals surface area (Å²) in [4.78, 5) is 61.9. The standard InChI is InChI=1S/C34H46N6O6/c1-6-25-12-11-24-10-9-23(20-28(24)37-25)13-16-34(17-14-26(15-18-34)39-45-5)33(44)46-29(21(2)3)31(42)36-22(4)32(43)40-19-7-8-27(38-40)30(35)41/h9-13,16,20-22,27,29,38H,6-8,14-15,17-19H2,1-5H3,(H2,35,41)(H,36,42)/b16-13+,39-26?. The molecule has 46 heavy (non-hydrogen) atoms.